The van der Waals surface area contributed by atoms with Crippen molar-refractivity contribution in [2.24, 2.45) is 0 Å². The predicted octanol–water partition coefficient (Wildman–Crippen LogP) is -0.346. The van der Waals surface area contributed by atoms with Crippen molar-refractivity contribution in [2.75, 3.05) is 6.61 Å². The molecule has 0 spiro atoms. The van der Waals surface area contributed by atoms with Gasteiger partial charge in [0.05, 0.1) is 0 Å². The quantitative estimate of drug-likeness (QED) is 0.370. The van der Waals surface area contributed by atoms with Crippen molar-refractivity contribution in [1.82, 2.24) is 0 Å². The Kier molecular flexibility index (Phi) is 6.71. The molecular formula is C8H13BO3S. The number of hydrogen-bond donors (Lipinski definition) is 4. The molecule has 0 amide bonds. The van der Waals surface area contributed by atoms with Gasteiger partial charge in [-0.05, 0) is 18.5 Å². The van der Waals surface area contributed by atoms with Crippen LogP contribution in [0.5, 0.6) is 0 Å². The van der Waals surface area contributed by atoms with E-state index in [0.29, 0.717) is 10.4 Å². The average molecular weight is 200 g/mol. The van der Waals surface area contributed by atoms with Gasteiger partial charge in [0.2, 0.25) is 0 Å². The largest absolute Gasteiger partial charge is 0.489 e. The van der Waals surface area contributed by atoms with Crippen molar-refractivity contribution in [3.05, 3.63) is 24.3 Å². The van der Waals surface area contributed by atoms with Gasteiger partial charge in [-0.3, -0.25) is 0 Å². The van der Waals surface area contributed by atoms with Crippen LogP contribution in [-0.2, 0) is 0 Å². The first kappa shape index (κ1) is 12.5. The minimum Gasteiger partial charge on any atom is -0.423 e. The summed E-state index contributed by atoms with van der Waals surface area (Å²) in [5.74, 6) is 0. The summed E-state index contributed by atoms with van der Waals surface area (Å²) in [6.45, 7) is 1.93. The summed E-state index contributed by atoms with van der Waals surface area (Å²) in [4.78, 5) is 0.595. The van der Waals surface area contributed by atoms with E-state index in [2.05, 4.69) is 12.6 Å². The monoisotopic (exact) mass is 200 g/mol. The molecule has 0 aromatic heterocycles. The first-order valence-corrected chi connectivity index (χ1v) is 4.33. The topological polar surface area (TPSA) is 60.7 Å². The molecule has 0 unspecified atom stereocenters. The summed E-state index contributed by atoms with van der Waals surface area (Å²) in [6.07, 6.45) is 0. The number of aliphatic hydroxyl groups is 1. The summed E-state index contributed by atoms with van der Waals surface area (Å²) in [5.41, 5.74) is 0.436. The van der Waals surface area contributed by atoms with Crippen LogP contribution in [0.1, 0.15) is 6.92 Å². The molecule has 0 aliphatic heterocycles. The number of hydrogen-bond acceptors (Lipinski definition) is 4. The zero-order valence-corrected chi connectivity index (χ0v) is 8.28. The maximum absolute atomic E-state index is 8.71. The molecule has 0 radical (unpaired) electrons. The number of aliphatic hydroxyl groups excluding tert-OH is 1. The first-order valence-electron chi connectivity index (χ1n) is 3.88. The smallest absolute Gasteiger partial charge is 0.423 e. The molecule has 0 saturated carbocycles. The van der Waals surface area contributed by atoms with Crippen LogP contribution < -0.4 is 5.46 Å². The minimum absolute atomic E-state index is 0.250. The highest BCUT2D eigenvalue weighted by Gasteiger charge is 2.12. The van der Waals surface area contributed by atoms with E-state index in [1.54, 1.807) is 31.2 Å². The Labute approximate surface area is 83.6 Å². The summed E-state index contributed by atoms with van der Waals surface area (Å²) in [7, 11) is -1.42. The Morgan fingerprint density at radius 3 is 2.08 bits per heavy atom. The van der Waals surface area contributed by atoms with Gasteiger partial charge >= 0.3 is 7.12 Å². The molecule has 13 heavy (non-hydrogen) atoms. The van der Waals surface area contributed by atoms with Crippen molar-refractivity contribution in [2.45, 2.75) is 11.8 Å². The van der Waals surface area contributed by atoms with Gasteiger partial charge in [-0.15, -0.1) is 12.6 Å². The van der Waals surface area contributed by atoms with Crippen molar-refractivity contribution in [1.29, 1.82) is 0 Å². The van der Waals surface area contributed by atoms with Gasteiger partial charge in [-0.2, -0.15) is 0 Å². The molecule has 3 nitrogen and oxygen atoms in total. The van der Waals surface area contributed by atoms with E-state index >= 15 is 0 Å². The van der Waals surface area contributed by atoms with E-state index in [1.807, 2.05) is 0 Å². The van der Waals surface area contributed by atoms with Crippen LogP contribution in [-0.4, -0.2) is 28.9 Å². The van der Waals surface area contributed by atoms with E-state index in [4.69, 9.17) is 15.2 Å². The third-order valence-corrected chi connectivity index (χ3v) is 1.62. The predicted molar refractivity (Wildman–Crippen MR) is 56.3 cm³/mol. The summed E-state index contributed by atoms with van der Waals surface area (Å²) >= 11 is 4.02. The van der Waals surface area contributed by atoms with E-state index in [1.165, 1.54) is 0 Å². The molecule has 0 aliphatic carbocycles. The average Bonchev–Trinajstić information content (AvgIpc) is 2.06. The summed E-state index contributed by atoms with van der Waals surface area (Å²) in [6, 6.07) is 6.84. The zero-order chi connectivity index (χ0) is 10.3. The summed E-state index contributed by atoms with van der Waals surface area (Å²) in [5, 5.41) is 25.0. The number of thiol groups is 1. The fraction of sp³-hybridized carbons (Fsp3) is 0.250. The first-order chi connectivity index (χ1) is 6.13. The SMILES string of the molecule is CCO.OB(O)c1ccccc1S. The van der Waals surface area contributed by atoms with Crippen molar-refractivity contribution in [3.8, 4) is 0 Å². The molecule has 0 heterocycles. The Morgan fingerprint density at radius 1 is 1.31 bits per heavy atom. The van der Waals surface area contributed by atoms with Gasteiger partial charge in [0.25, 0.3) is 0 Å². The second-order valence-corrected chi connectivity index (χ2v) is 2.73. The molecule has 0 saturated heterocycles. The van der Waals surface area contributed by atoms with Gasteiger partial charge in [0, 0.05) is 11.5 Å². The van der Waals surface area contributed by atoms with Crippen molar-refractivity contribution in [3.63, 3.8) is 0 Å². The van der Waals surface area contributed by atoms with Crippen LogP contribution in [0.15, 0.2) is 29.2 Å². The lowest BCUT2D eigenvalue weighted by molar-refractivity contribution is 0.318. The maximum Gasteiger partial charge on any atom is 0.489 e. The van der Waals surface area contributed by atoms with E-state index in [9.17, 15) is 0 Å². The van der Waals surface area contributed by atoms with Crippen molar-refractivity contribution >= 4 is 25.2 Å². The molecule has 1 rings (SSSR count). The molecule has 5 heteroatoms. The molecule has 72 valence electrons. The highest BCUT2D eigenvalue weighted by molar-refractivity contribution is 7.80. The molecule has 0 fully saturated rings. The number of rotatable bonds is 1. The Balaban J connectivity index is 0.000000424. The third kappa shape index (κ3) is 4.95. The fourth-order valence-electron chi connectivity index (χ4n) is 0.706. The second kappa shape index (κ2) is 6.97. The van der Waals surface area contributed by atoms with Gasteiger partial charge < -0.3 is 15.2 Å². The Morgan fingerprint density at radius 2 is 1.77 bits per heavy atom. The molecule has 3 N–H and O–H groups in total. The molecule has 0 bridgehead atoms. The standard InChI is InChI=1S/C6H7BO2S.C2H6O/c8-7(9)5-3-1-2-4-6(5)10;1-2-3/h1-4,8-10H;3H,2H2,1H3. The molecule has 1 aromatic rings. The lowest BCUT2D eigenvalue weighted by atomic mass is 9.80. The maximum atomic E-state index is 8.71. The molecule has 0 atom stereocenters. The summed E-state index contributed by atoms with van der Waals surface area (Å²) < 4.78 is 0. The van der Waals surface area contributed by atoms with E-state index < -0.39 is 7.12 Å². The number of benzene rings is 1. The van der Waals surface area contributed by atoms with Crippen LogP contribution in [0.25, 0.3) is 0 Å². The Bertz CT molecular complexity index is 243. The normalized spacial score (nSPS) is 8.69. The molecule has 0 aliphatic rings. The van der Waals surface area contributed by atoms with Gasteiger partial charge in [0.1, 0.15) is 0 Å². The van der Waals surface area contributed by atoms with Gasteiger partial charge in [0.15, 0.2) is 0 Å². The van der Waals surface area contributed by atoms with Crippen LogP contribution >= 0.6 is 12.6 Å². The van der Waals surface area contributed by atoms with Gasteiger partial charge in [-0.25, -0.2) is 0 Å². The highest BCUT2D eigenvalue weighted by Crippen LogP contribution is 2.00. The van der Waals surface area contributed by atoms with Crippen molar-refractivity contribution < 1.29 is 15.2 Å². The van der Waals surface area contributed by atoms with Crippen LogP contribution in [0.2, 0.25) is 0 Å². The molecule has 1 aromatic carbocycles. The lowest BCUT2D eigenvalue weighted by Gasteiger charge is -2.00. The third-order valence-electron chi connectivity index (χ3n) is 1.21. The second-order valence-electron chi connectivity index (χ2n) is 2.25. The fourth-order valence-corrected chi connectivity index (χ4v) is 0.982. The lowest BCUT2D eigenvalue weighted by Crippen LogP contribution is -2.30. The zero-order valence-electron chi connectivity index (χ0n) is 7.38. The Hall–Kier alpha value is -0.485. The van der Waals surface area contributed by atoms with E-state index in [0.717, 1.165) is 0 Å². The van der Waals surface area contributed by atoms with Crippen LogP contribution in [0.4, 0.5) is 0 Å². The molecular weight excluding hydrogens is 187 g/mol. The minimum atomic E-state index is -1.42. The van der Waals surface area contributed by atoms with Crippen LogP contribution in [0, 0.1) is 0 Å². The van der Waals surface area contributed by atoms with E-state index in [-0.39, 0.29) is 6.61 Å². The van der Waals surface area contributed by atoms with Gasteiger partial charge in [-0.1, -0.05) is 18.2 Å². The highest BCUT2D eigenvalue weighted by atomic mass is 32.1. The van der Waals surface area contributed by atoms with Crippen LogP contribution in [0.3, 0.4) is 0 Å².